The summed E-state index contributed by atoms with van der Waals surface area (Å²) >= 11 is 0. The van der Waals surface area contributed by atoms with Gasteiger partial charge in [0.25, 0.3) is 5.91 Å². The molecule has 3 aromatic rings. The van der Waals surface area contributed by atoms with Gasteiger partial charge < -0.3 is 20.0 Å². The average molecular weight is 562 g/mol. The van der Waals surface area contributed by atoms with Crippen molar-refractivity contribution in [2.45, 2.75) is 58.2 Å². The molecule has 3 rings (SSSR count). The fourth-order valence-corrected chi connectivity index (χ4v) is 3.96. The van der Waals surface area contributed by atoms with E-state index in [0.717, 1.165) is 11.1 Å². The summed E-state index contributed by atoms with van der Waals surface area (Å²) in [5, 5.41) is 23.9. The molecule has 0 radical (unpaired) electrons. The van der Waals surface area contributed by atoms with Crippen molar-refractivity contribution in [1.29, 1.82) is 0 Å². The first kappa shape index (κ1) is 32.7. The van der Waals surface area contributed by atoms with Crippen LogP contribution >= 0.6 is 0 Å². The Bertz CT molecular complexity index is 1310. The Morgan fingerprint density at radius 2 is 1.68 bits per heavy atom. The smallest absolute Gasteiger partial charge is 0.550 e. The number of aliphatic carboxylic acids is 1. The van der Waals surface area contributed by atoms with Crippen LogP contribution in [0.3, 0.4) is 0 Å². The number of nitrogens with zero attached hydrogens (tertiary/aromatic N) is 4. The summed E-state index contributed by atoms with van der Waals surface area (Å²) in [5.41, 5.74) is 2.89. The van der Waals surface area contributed by atoms with Gasteiger partial charge in [0.2, 0.25) is 5.88 Å². The Morgan fingerprint density at radius 3 is 2.23 bits per heavy atom. The number of rotatable bonds is 14. The maximum absolute atomic E-state index is 13.6. The molecular formula is C27H29FN5NaO6. The van der Waals surface area contributed by atoms with Gasteiger partial charge in [-0.15, -0.1) is 0 Å². The number of halogens is 1. The summed E-state index contributed by atoms with van der Waals surface area (Å²) in [6, 6.07) is 10.7. The number of nitrogens with one attached hydrogen (secondary N) is 1. The second kappa shape index (κ2) is 15.3. The van der Waals surface area contributed by atoms with E-state index in [1.165, 1.54) is 28.9 Å². The molecule has 13 heteroatoms. The van der Waals surface area contributed by atoms with Crippen LogP contribution in [0.2, 0.25) is 0 Å². The molecule has 0 saturated heterocycles. The van der Waals surface area contributed by atoms with Crippen LogP contribution in [0.5, 0.6) is 5.88 Å². The van der Waals surface area contributed by atoms with Crippen LogP contribution in [-0.4, -0.2) is 40.3 Å². The first-order valence-corrected chi connectivity index (χ1v) is 12.3. The van der Waals surface area contributed by atoms with E-state index >= 15 is 0 Å². The number of nitroso groups, excluding NO2 is 2. The molecule has 1 N–H and O–H groups in total. The zero-order chi connectivity index (χ0) is 28.5. The van der Waals surface area contributed by atoms with Gasteiger partial charge in [-0.2, -0.15) is 14.9 Å². The minimum atomic E-state index is -1.48. The molecule has 0 saturated carbocycles. The van der Waals surface area contributed by atoms with Gasteiger partial charge >= 0.3 is 29.6 Å². The van der Waals surface area contributed by atoms with E-state index in [0.29, 0.717) is 11.3 Å². The Kier molecular flexibility index (Phi) is 12.6. The van der Waals surface area contributed by atoms with Crippen molar-refractivity contribution in [1.82, 2.24) is 15.1 Å². The van der Waals surface area contributed by atoms with Crippen molar-refractivity contribution in [3.63, 3.8) is 0 Å². The summed E-state index contributed by atoms with van der Waals surface area (Å²) in [6.07, 6.45) is -0.932. The standard InChI is InChI=1S/C27H30FN5O6.Na/c1-16(2)24-25(26(36)29-14-18-6-4-17(3)5-7-18)30-33(22-10-8-19(28)9-11-22)27(24)39-15-21(32-38)12-20(31-37)13-23(34)35;/h4-11,16,20-21H,12-15H2,1-3H3,(H,29,36)(H,34,35);/q;+1/p-1. The summed E-state index contributed by atoms with van der Waals surface area (Å²) in [4.78, 5) is 46.6. The van der Waals surface area contributed by atoms with Gasteiger partial charge in [-0.3, -0.25) is 4.79 Å². The molecule has 1 amide bonds. The fraction of sp³-hybridized carbons (Fsp3) is 0.370. The zero-order valence-electron chi connectivity index (χ0n) is 22.8. The minimum Gasteiger partial charge on any atom is -0.550 e. The van der Waals surface area contributed by atoms with Crippen LogP contribution in [-0.2, 0) is 11.3 Å². The maximum Gasteiger partial charge on any atom is 1.00 e. The molecule has 1 aromatic heterocycles. The fourth-order valence-electron chi connectivity index (χ4n) is 3.96. The molecule has 206 valence electrons. The van der Waals surface area contributed by atoms with Crippen molar-refractivity contribution < 1.29 is 53.4 Å². The molecule has 0 aliphatic rings. The SMILES string of the molecule is Cc1ccc(CNC(=O)c2nn(-c3ccc(F)cc3)c(OCC(CC(CC(=O)[O-])N=O)N=O)c2C(C)C)cc1.[Na+]. The van der Waals surface area contributed by atoms with Gasteiger partial charge in [0.15, 0.2) is 5.69 Å². The first-order valence-electron chi connectivity index (χ1n) is 12.3. The van der Waals surface area contributed by atoms with Gasteiger partial charge in [0.1, 0.15) is 18.5 Å². The molecule has 0 spiro atoms. The topological polar surface area (TPSA) is 155 Å². The normalized spacial score (nSPS) is 12.2. The second-order valence-corrected chi connectivity index (χ2v) is 9.42. The largest absolute Gasteiger partial charge is 1.00 e. The number of amides is 1. The third-order valence-electron chi connectivity index (χ3n) is 5.97. The van der Waals surface area contributed by atoms with E-state index in [4.69, 9.17) is 4.74 Å². The maximum atomic E-state index is 13.6. The number of benzene rings is 2. The third-order valence-corrected chi connectivity index (χ3v) is 5.97. The predicted molar refractivity (Wildman–Crippen MR) is 139 cm³/mol. The van der Waals surface area contributed by atoms with Gasteiger partial charge in [0.05, 0.1) is 11.7 Å². The summed E-state index contributed by atoms with van der Waals surface area (Å²) in [7, 11) is 0. The molecule has 0 aliphatic carbocycles. The van der Waals surface area contributed by atoms with Crippen molar-refractivity contribution in [3.8, 4) is 11.6 Å². The van der Waals surface area contributed by atoms with Crippen molar-refractivity contribution in [2.24, 2.45) is 10.4 Å². The monoisotopic (exact) mass is 561 g/mol. The minimum absolute atomic E-state index is 0. The number of carbonyl (C=O) groups excluding carboxylic acids is 2. The quantitative estimate of drug-likeness (QED) is 0.223. The number of aryl methyl sites for hydroxylation is 1. The molecule has 2 atom stereocenters. The summed E-state index contributed by atoms with van der Waals surface area (Å²) in [6.45, 7) is 5.53. The summed E-state index contributed by atoms with van der Waals surface area (Å²) in [5.74, 6) is -2.56. The average Bonchev–Trinajstić information content (AvgIpc) is 3.30. The second-order valence-electron chi connectivity index (χ2n) is 9.42. The summed E-state index contributed by atoms with van der Waals surface area (Å²) < 4.78 is 20.9. The Balaban J connectivity index is 0.00000560. The number of carbonyl (C=O) groups is 2. The van der Waals surface area contributed by atoms with E-state index in [9.17, 15) is 28.9 Å². The van der Waals surface area contributed by atoms with E-state index < -0.39 is 36.2 Å². The van der Waals surface area contributed by atoms with Gasteiger partial charge in [-0.05, 0) is 42.7 Å². The molecular weight excluding hydrogens is 532 g/mol. The molecule has 1 heterocycles. The zero-order valence-corrected chi connectivity index (χ0v) is 24.8. The van der Waals surface area contributed by atoms with Crippen molar-refractivity contribution in [2.75, 3.05) is 6.61 Å². The van der Waals surface area contributed by atoms with Gasteiger partial charge in [-0.1, -0.05) is 54.0 Å². The van der Waals surface area contributed by atoms with E-state index in [-0.39, 0.29) is 66.6 Å². The first-order chi connectivity index (χ1) is 18.6. The van der Waals surface area contributed by atoms with Crippen LogP contribution in [0.1, 0.15) is 59.8 Å². The van der Waals surface area contributed by atoms with E-state index in [2.05, 4.69) is 20.8 Å². The number of carboxylic acid groups (broad SMARTS) is 1. The Morgan fingerprint density at radius 1 is 1.05 bits per heavy atom. The molecule has 0 bridgehead atoms. The Hall–Kier alpha value is -3.48. The number of hydrogen-bond donors (Lipinski definition) is 1. The van der Waals surface area contributed by atoms with Crippen LogP contribution in [0.4, 0.5) is 4.39 Å². The third kappa shape index (κ3) is 8.77. The van der Waals surface area contributed by atoms with Crippen LogP contribution < -0.4 is 44.7 Å². The van der Waals surface area contributed by atoms with E-state index in [1.54, 1.807) is 0 Å². The molecule has 2 unspecified atom stereocenters. The van der Waals surface area contributed by atoms with E-state index in [1.807, 2.05) is 45.0 Å². The molecule has 0 fully saturated rings. The molecule has 2 aromatic carbocycles. The molecule has 0 aliphatic heterocycles. The number of carboxylic acids is 1. The van der Waals surface area contributed by atoms with Crippen molar-refractivity contribution in [3.05, 3.63) is 86.5 Å². The number of ether oxygens (including phenoxy) is 1. The van der Waals surface area contributed by atoms with Crippen LogP contribution in [0.15, 0.2) is 58.9 Å². The molecule has 40 heavy (non-hydrogen) atoms. The van der Waals surface area contributed by atoms with Crippen molar-refractivity contribution >= 4 is 11.9 Å². The number of aromatic nitrogens is 2. The Labute approximate surface area is 252 Å². The van der Waals surface area contributed by atoms with Gasteiger partial charge in [-0.25, -0.2) is 9.07 Å². The molecule has 11 nitrogen and oxygen atoms in total. The van der Waals surface area contributed by atoms with Crippen LogP contribution in [0.25, 0.3) is 5.69 Å². The van der Waals surface area contributed by atoms with Gasteiger partial charge in [0, 0.05) is 30.9 Å². The predicted octanol–water partition coefficient (Wildman–Crippen LogP) is 0.556. The number of hydrogen-bond acceptors (Lipinski definition) is 9. The van der Waals surface area contributed by atoms with Crippen LogP contribution in [0, 0.1) is 22.6 Å².